The van der Waals surface area contributed by atoms with Crippen molar-refractivity contribution in [3.05, 3.63) is 103 Å². The third-order valence-electron chi connectivity index (χ3n) is 7.33. The van der Waals surface area contributed by atoms with Gasteiger partial charge in [-0.1, -0.05) is 69.4 Å². The predicted octanol–water partition coefficient (Wildman–Crippen LogP) is 5.42. The Bertz CT molecular complexity index is 1730. The van der Waals surface area contributed by atoms with Crippen LogP contribution in [0.4, 0.5) is 11.4 Å². The molecule has 3 aromatic carbocycles. The SMILES string of the molecule is COc1ccc(N2C(=O)C3Sc4c(sc(=O)n4CC(=O)Nc4ccccc4C)C(c4ccc(Br)cc4)C3C2=O)cc1. The summed E-state index contributed by atoms with van der Waals surface area (Å²) in [6.07, 6.45) is 0. The maximum atomic E-state index is 14.0. The Labute approximate surface area is 252 Å². The number of nitrogens with zero attached hydrogens (tertiary/aromatic N) is 2. The molecule has 41 heavy (non-hydrogen) atoms. The summed E-state index contributed by atoms with van der Waals surface area (Å²) in [4.78, 5) is 55.8. The molecule has 2 aliphatic heterocycles. The van der Waals surface area contributed by atoms with Crippen LogP contribution in [0.5, 0.6) is 5.75 Å². The van der Waals surface area contributed by atoms with Gasteiger partial charge in [-0.15, -0.1) is 0 Å². The zero-order valence-corrected chi connectivity index (χ0v) is 25.2. The fraction of sp³-hybridized carbons (Fsp3) is 0.200. The molecular weight excluding hydrogens is 626 g/mol. The minimum atomic E-state index is -0.759. The highest BCUT2D eigenvalue weighted by Gasteiger charge is 2.56. The maximum absolute atomic E-state index is 14.0. The number of fused-ring (bicyclic) bond motifs is 2. The van der Waals surface area contributed by atoms with Gasteiger partial charge >= 0.3 is 4.87 Å². The van der Waals surface area contributed by atoms with Gasteiger partial charge in [0.1, 0.15) is 17.5 Å². The van der Waals surface area contributed by atoms with Crippen molar-refractivity contribution in [1.82, 2.24) is 4.57 Å². The monoisotopic (exact) mass is 649 g/mol. The van der Waals surface area contributed by atoms with Crippen LogP contribution in [0.15, 0.2) is 87.1 Å². The van der Waals surface area contributed by atoms with E-state index >= 15 is 0 Å². The van der Waals surface area contributed by atoms with Gasteiger partial charge < -0.3 is 10.1 Å². The third kappa shape index (κ3) is 4.92. The molecule has 2 aliphatic rings. The van der Waals surface area contributed by atoms with Crippen molar-refractivity contribution in [1.29, 1.82) is 0 Å². The second-order valence-corrected chi connectivity index (χ2v) is 12.8. The van der Waals surface area contributed by atoms with Crippen LogP contribution in [-0.2, 0) is 20.9 Å². The molecule has 0 bridgehead atoms. The number of aromatic nitrogens is 1. The fourth-order valence-corrected chi connectivity index (χ4v) is 8.35. The van der Waals surface area contributed by atoms with E-state index in [1.54, 1.807) is 37.4 Å². The Balaban J connectivity index is 1.40. The smallest absolute Gasteiger partial charge is 0.308 e. The van der Waals surface area contributed by atoms with Crippen LogP contribution in [0, 0.1) is 12.8 Å². The minimum Gasteiger partial charge on any atom is -0.497 e. The number of carbonyl (C=O) groups excluding carboxylic acids is 3. The van der Waals surface area contributed by atoms with E-state index in [0.717, 1.165) is 26.9 Å². The Morgan fingerprint density at radius 3 is 2.37 bits per heavy atom. The van der Waals surface area contributed by atoms with Gasteiger partial charge in [-0.25, -0.2) is 4.90 Å². The lowest BCUT2D eigenvalue weighted by Crippen LogP contribution is -2.33. The number of thiazole rings is 1. The fourth-order valence-electron chi connectivity index (χ4n) is 5.32. The topological polar surface area (TPSA) is 97.7 Å². The Kier molecular flexibility index (Phi) is 7.35. The number of hydrogen-bond acceptors (Lipinski definition) is 7. The molecule has 3 heterocycles. The van der Waals surface area contributed by atoms with E-state index in [2.05, 4.69) is 21.2 Å². The number of carbonyl (C=O) groups is 3. The summed E-state index contributed by atoms with van der Waals surface area (Å²) in [5.41, 5.74) is 2.85. The number of methoxy groups -OCH3 is 1. The summed E-state index contributed by atoms with van der Waals surface area (Å²) < 4.78 is 7.53. The predicted molar refractivity (Wildman–Crippen MR) is 163 cm³/mol. The zero-order valence-electron chi connectivity index (χ0n) is 22.0. The number of thioether (sulfide) groups is 1. The lowest BCUT2D eigenvalue weighted by molar-refractivity contribution is -0.122. The number of rotatable bonds is 6. The molecule has 208 valence electrons. The molecule has 0 saturated carbocycles. The number of imide groups is 1. The van der Waals surface area contributed by atoms with E-state index in [1.807, 2.05) is 49.4 Å². The minimum absolute atomic E-state index is 0.208. The Morgan fingerprint density at radius 2 is 1.68 bits per heavy atom. The molecule has 3 unspecified atom stereocenters. The molecule has 1 saturated heterocycles. The van der Waals surface area contributed by atoms with Crippen molar-refractivity contribution in [2.24, 2.45) is 5.92 Å². The number of halogens is 1. The molecule has 0 aliphatic carbocycles. The van der Waals surface area contributed by atoms with Crippen molar-refractivity contribution in [3.8, 4) is 5.75 Å². The number of aryl methyl sites for hydroxylation is 1. The average molecular weight is 651 g/mol. The van der Waals surface area contributed by atoms with E-state index in [-0.39, 0.29) is 29.1 Å². The number of para-hydroxylation sites is 1. The van der Waals surface area contributed by atoms with Gasteiger partial charge in [0.2, 0.25) is 17.7 Å². The van der Waals surface area contributed by atoms with Crippen LogP contribution < -0.4 is 19.8 Å². The zero-order chi connectivity index (χ0) is 28.8. The molecule has 0 radical (unpaired) electrons. The molecule has 3 amide bonds. The van der Waals surface area contributed by atoms with Crippen molar-refractivity contribution in [2.75, 3.05) is 17.3 Å². The first-order chi connectivity index (χ1) is 19.8. The molecule has 0 spiro atoms. The molecule has 1 aromatic heterocycles. The average Bonchev–Trinajstić information content (AvgIpc) is 3.41. The van der Waals surface area contributed by atoms with Gasteiger partial charge in [-0.3, -0.25) is 23.7 Å². The number of ether oxygens (including phenoxy) is 1. The van der Waals surface area contributed by atoms with E-state index in [9.17, 15) is 19.2 Å². The maximum Gasteiger partial charge on any atom is 0.308 e. The van der Waals surface area contributed by atoms with Crippen molar-refractivity contribution in [3.63, 3.8) is 0 Å². The van der Waals surface area contributed by atoms with Gasteiger partial charge in [-0.2, -0.15) is 0 Å². The molecule has 3 atom stereocenters. The van der Waals surface area contributed by atoms with Gasteiger partial charge in [0, 0.05) is 21.0 Å². The van der Waals surface area contributed by atoms with Gasteiger partial charge in [0.05, 0.1) is 23.7 Å². The summed E-state index contributed by atoms with van der Waals surface area (Å²) in [5.74, 6) is -1.64. The van der Waals surface area contributed by atoms with Crippen LogP contribution in [0.1, 0.15) is 21.9 Å². The molecule has 1 N–H and O–H groups in total. The Hall–Kier alpha value is -3.67. The van der Waals surface area contributed by atoms with Crippen LogP contribution >= 0.6 is 39.0 Å². The van der Waals surface area contributed by atoms with E-state index < -0.39 is 17.1 Å². The summed E-state index contributed by atoms with van der Waals surface area (Å²) in [6, 6.07) is 21.8. The summed E-state index contributed by atoms with van der Waals surface area (Å²) in [7, 11) is 1.55. The largest absolute Gasteiger partial charge is 0.497 e. The highest BCUT2D eigenvalue weighted by molar-refractivity contribution is 9.10. The first-order valence-electron chi connectivity index (χ1n) is 12.8. The summed E-state index contributed by atoms with van der Waals surface area (Å²) in [6.45, 7) is 1.69. The molecule has 11 heteroatoms. The van der Waals surface area contributed by atoms with Crippen LogP contribution in [0.25, 0.3) is 0 Å². The first kappa shape index (κ1) is 27.5. The second-order valence-electron chi connectivity index (χ2n) is 9.79. The lowest BCUT2D eigenvalue weighted by Gasteiger charge is -2.30. The summed E-state index contributed by atoms with van der Waals surface area (Å²) in [5, 5.41) is 2.67. The van der Waals surface area contributed by atoms with Crippen LogP contribution in [0.3, 0.4) is 0 Å². The number of nitrogens with one attached hydrogen (secondary N) is 1. The van der Waals surface area contributed by atoms with Crippen molar-refractivity contribution >= 4 is 68.1 Å². The lowest BCUT2D eigenvalue weighted by atomic mass is 9.83. The van der Waals surface area contributed by atoms with Gasteiger partial charge in [0.25, 0.3) is 0 Å². The van der Waals surface area contributed by atoms with Gasteiger partial charge in [0.15, 0.2) is 0 Å². The summed E-state index contributed by atoms with van der Waals surface area (Å²) >= 11 is 5.69. The molecule has 4 aromatic rings. The molecule has 1 fully saturated rings. The van der Waals surface area contributed by atoms with Crippen molar-refractivity contribution < 1.29 is 19.1 Å². The highest BCUT2D eigenvalue weighted by atomic mass is 79.9. The molecule has 6 rings (SSSR count). The number of amides is 3. The molecular formula is C30H24BrN3O5S2. The molecule has 8 nitrogen and oxygen atoms in total. The first-order valence-corrected chi connectivity index (χ1v) is 15.3. The number of anilines is 2. The van der Waals surface area contributed by atoms with E-state index in [4.69, 9.17) is 4.74 Å². The van der Waals surface area contributed by atoms with Gasteiger partial charge in [-0.05, 0) is 60.5 Å². The number of benzene rings is 3. The van der Waals surface area contributed by atoms with Crippen LogP contribution in [0.2, 0.25) is 0 Å². The van der Waals surface area contributed by atoms with E-state index in [1.165, 1.54) is 21.2 Å². The standard InChI is InChI=1S/C30H24BrN3O5S2/c1-16-5-3-4-6-21(16)32-22(35)15-33-29-26(41-30(33)38)23(17-7-9-18(31)10-8-17)24-25(40-29)28(37)34(27(24)36)19-11-13-20(39-2)14-12-19/h3-14,23-25H,15H2,1-2H3,(H,32,35). The normalized spacial score (nSPS) is 19.6. The Morgan fingerprint density at radius 1 is 0.976 bits per heavy atom. The second kappa shape index (κ2) is 11.0. The van der Waals surface area contributed by atoms with E-state index in [0.29, 0.717) is 27.0 Å². The quantitative estimate of drug-likeness (QED) is 0.280. The highest BCUT2D eigenvalue weighted by Crippen LogP contribution is 2.54. The van der Waals surface area contributed by atoms with Crippen molar-refractivity contribution in [2.45, 2.75) is 29.7 Å². The number of hydrogen-bond donors (Lipinski definition) is 1. The van der Waals surface area contributed by atoms with Crippen LogP contribution in [-0.4, -0.2) is 34.6 Å². The third-order valence-corrected chi connectivity index (χ3v) is 10.5.